The van der Waals surface area contributed by atoms with Crippen molar-refractivity contribution in [2.24, 2.45) is 12.0 Å². The van der Waals surface area contributed by atoms with E-state index in [1.165, 1.54) is 11.1 Å². The number of fused-ring (bicyclic) bond motifs is 1. The van der Waals surface area contributed by atoms with Gasteiger partial charge < -0.3 is 15.0 Å². The number of aliphatic imine (C=N–C) groups is 1. The third-order valence-corrected chi connectivity index (χ3v) is 4.42. The number of aryl methyl sites for hydroxylation is 1. The van der Waals surface area contributed by atoms with Crippen molar-refractivity contribution >= 4 is 29.9 Å². The Morgan fingerprint density at radius 1 is 1.42 bits per heavy atom. The average molecular weight is 469 g/mol. The van der Waals surface area contributed by atoms with Crippen molar-refractivity contribution in [1.82, 2.24) is 20.0 Å². The second-order valence-electron chi connectivity index (χ2n) is 6.44. The lowest BCUT2D eigenvalue weighted by Crippen LogP contribution is -2.38. The van der Waals surface area contributed by atoms with Crippen LogP contribution in [-0.4, -0.2) is 47.4 Å². The minimum absolute atomic E-state index is 0. The first kappa shape index (κ1) is 20.5. The van der Waals surface area contributed by atoms with Gasteiger partial charge in [0, 0.05) is 51.4 Å². The molecule has 0 radical (unpaired) electrons. The van der Waals surface area contributed by atoms with E-state index >= 15 is 0 Å². The molecule has 3 rings (SSSR count). The van der Waals surface area contributed by atoms with Gasteiger partial charge in [-0.15, -0.1) is 24.0 Å². The summed E-state index contributed by atoms with van der Waals surface area (Å²) in [5.41, 5.74) is 2.44. The summed E-state index contributed by atoms with van der Waals surface area (Å²) in [5.74, 6) is 2.34. The first-order valence-electron chi connectivity index (χ1n) is 8.86. The Hall–Kier alpha value is -1.77. The minimum Gasteiger partial charge on any atom is -0.493 e. The fourth-order valence-corrected chi connectivity index (χ4v) is 3.17. The van der Waals surface area contributed by atoms with Crippen molar-refractivity contribution < 1.29 is 4.74 Å². The monoisotopic (exact) mass is 469 g/mol. The quantitative estimate of drug-likeness (QED) is 0.416. The van der Waals surface area contributed by atoms with Crippen molar-refractivity contribution in [1.29, 1.82) is 0 Å². The minimum atomic E-state index is 0. The fourth-order valence-electron chi connectivity index (χ4n) is 3.17. The predicted molar refractivity (Wildman–Crippen MR) is 115 cm³/mol. The Morgan fingerprint density at radius 2 is 2.23 bits per heavy atom. The molecule has 0 amide bonds. The second kappa shape index (κ2) is 9.80. The smallest absolute Gasteiger partial charge is 0.193 e. The Labute approximate surface area is 172 Å². The van der Waals surface area contributed by atoms with Gasteiger partial charge in [-0.3, -0.25) is 9.67 Å². The highest BCUT2D eigenvalue weighted by Crippen LogP contribution is 2.33. The highest BCUT2D eigenvalue weighted by molar-refractivity contribution is 14.0. The molecule has 0 saturated heterocycles. The van der Waals surface area contributed by atoms with Crippen LogP contribution in [0.5, 0.6) is 5.75 Å². The van der Waals surface area contributed by atoms with Gasteiger partial charge in [-0.25, -0.2) is 0 Å². The molecule has 1 aromatic carbocycles. The molecule has 1 atom stereocenters. The molecule has 1 aliphatic heterocycles. The lowest BCUT2D eigenvalue weighted by molar-refractivity contribution is 0.268. The van der Waals surface area contributed by atoms with Gasteiger partial charge in [0.2, 0.25) is 0 Å². The zero-order valence-electron chi connectivity index (χ0n) is 15.7. The Morgan fingerprint density at radius 3 is 2.96 bits per heavy atom. The number of hydrogen-bond acceptors (Lipinski definition) is 3. The van der Waals surface area contributed by atoms with Crippen LogP contribution in [0.25, 0.3) is 0 Å². The summed E-state index contributed by atoms with van der Waals surface area (Å²) in [6.07, 6.45) is 4.94. The molecule has 0 aliphatic carbocycles. The molecule has 26 heavy (non-hydrogen) atoms. The summed E-state index contributed by atoms with van der Waals surface area (Å²) in [7, 11) is 4.00. The number of ether oxygens (including phenoxy) is 1. The van der Waals surface area contributed by atoms with E-state index in [-0.39, 0.29) is 24.0 Å². The third kappa shape index (κ3) is 5.12. The van der Waals surface area contributed by atoms with E-state index in [1.807, 2.05) is 36.3 Å². The third-order valence-electron chi connectivity index (χ3n) is 4.42. The Kier molecular flexibility index (Phi) is 7.74. The molecular weight excluding hydrogens is 441 g/mol. The van der Waals surface area contributed by atoms with Gasteiger partial charge in [0.25, 0.3) is 0 Å². The number of guanidine groups is 1. The normalized spacial score (nSPS) is 16.3. The number of nitrogens with one attached hydrogen (secondary N) is 1. The standard InChI is InChI=1S/C19H27N5O.HI/c1-4-20-19(23(2)13-15-11-22-24(3)14-15)21-12-16-9-10-25-18-8-6-5-7-17(16)18;/h5-8,11,14,16H,4,9-10,12-13H2,1-3H3,(H,20,21);1H. The maximum Gasteiger partial charge on any atom is 0.193 e. The van der Waals surface area contributed by atoms with Gasteiger partial charge in [-0.05, 0) is 25.0 Å². The lowest BCUT2D eigenvalue weighted by atomic mass is 9.93. The zero-order chi connectivity index (χ0) is 17.6. The first-order chi connectivity index (χ1) is 12.2. The van der Waals surface area contributed by atoms with Gasteiger partial charge in [0.1, 0.15) is 5.75 Å². The van der Waals surface area contributed by atoms with E-state index in [0.717, 1.165) is 44.4 Å². The molecule has 142 valence electrons. The number of halogens is 1. The summed E-state index contributed by atoms with van der Waals surface area (Å²) in [4.78, 5) is 7.03. The molecule has 6 nitrogen and oxygen atoms in total. The molecule has 0 spiro atoms. The van der Waals surface area contributed by atoms with Gasteiger partial charge in [-0.2, -0.15) is 5.10 Å². The summed E-state index contributed by atoms with van der Waals surface area (Å²) in [5, 5.41) is 7.63. The highest BCUT2D eigenvalue weighted by Gasteiger charge is 2.21. The van der Waals surface area contributed by atoms with Crippen LogP contribution in [0.2, 0.25) is 0 Å². The summed E-state index contributed by atoms with van der Waals surface area (Å²) in [6.45, 7) is 5.25. The Bertz CT molecular complexity index is 730. The largest absolute Gasteiger partial charge is 0.493 e. The van der Waals surface area contributed by atoms with E-state index in [9.17, 15) is 0 Å². The number of aromatic nitrogens is 2. The number of hydrogen-bond donors (Lipinski definition) is 1. The summed E-state index contributed by atoms with van der Waals surface area (Å²) >= 11 is 0. The van der Waals surface area contributed by atoms with Crippen LogP contribution < -0.4 is 10.1 Å². The molecule has 1 aromatic heterocycles. The number of para-hydroxylation sites is 1. The van der Waals surface area contributed by atoms with Crippen LogP contribution >= 0.6 is 24.0 Å². The molecule has 0 bridgehead atoms. The number of nitrogens with zero attached hydrogens (tertiary/aromatic N) is 4. The van der Waals surface area contributed by atoms with Gasteiger partial charge in [0.05, 0.1) is 12.8 Å². The van der Waals surface area contributed by atoms with Gasteiger partial charge in [-0.1, -0.05) is 18.2 Å². The number of rotatable bonds is 5. The molecule has 1 aliphatic rings. The SMILES string of the molecule is CCNC(=NCC1CCOc2ccccc21)N(C)Cc1cnn(C)c1.I. The molecular formula is C19H28IN5O. The molecule has 0 fully saturated rings. The topological polar surface area (TPSA) is 54.7 Å². The number of benzene rings is 1. The van der Waals surface area contributed by atoms with Crippen LogP contribution in [-0.2, 0) is 13.6 Å². The molecule has 2 heterocycles. The van der Waals surface area contributed by atoms with Crippen molar-refractivity contribution in [3.8, 4) is 5.75 Å². The zero-order valence-corrected chi connectivity index (χ0v) is 18.0. The van der Waals surface area contributed by atoms with Crippen molar-refractivity contribution in [3.63, 3.8) is 0 Å². The maximum absolute atomic E-state index is 5.75. The molecule has 1 N–H and O–H groups in total. The van der Waals surface area contributed by atoms with E-state index < -0.39 is 0 Å². The Balaban J connectivity index is 0.00000243. The molecule has 1 unspecified atom stereocenters. The van der Waals surface area contributed by atoms with E-state index in [2.05, 4.69) is 41.4 Å². The van der Waals surface area contributed by atoms with Crippen molar-refractivity contribution in [2.45, 2.75) is 25.8 Å². The summed E-state index contributed by atoms with van der Waals surface area (Å²) < 4.78 is 7.58. The van der Waals surface area contributed by atoms with Gasteiger partial charge in [0.15, 0.2) is 5.96 Å². The van der Waals surface area contributed by atoms with Crippen LogP contribution in [0.1, 0.15) is 30.4 Å². The maximum atomic E-state index is 5.75. The van der Waals surface area contributed by atoms with E-state index in [4.69, 9.17) is 9.73 Å². The summed E-state index contributed by atoms with van der Waals surface area (Å²) in [6, 6.07) is 8.30. The van der Waals surface area contributed by atoms with Crippen LogP contribution in [0, 0.1) is 0 Å². The highest BCUT2D eigenvalue weighted by atomic mass is 127. The lowest BCUT2D eigenvalue weighted by Gasteiger charge is -2.26. The molecule has 0 saturated carbocycles. The van der Waals surface area contributed by atoms with Gasteiger partial charge >= 0.3 is 0 Å². The molecule has 7 heteroatoms. The molecule has 2 aromatic rings. The van der Waals surface area contributed by atoms with Crippen LogP contribution in [0.3, 0.4) is 0 Å². The predicted octanol–water partition coefficient (Wildman–Crippen LogP) is 3.00. The second-order valence-corrected chi connectivity index (χ2v) is 6.44. The average Bonchev–Trinajstić information content (AvgIpc) is 3.03. The van der Waals surface area contributed by atoms with Crippen molar-refractivity contribution in [2.75, 3.05) is 26.7 Å². The first-order valence-corrected chi connectivity index (χ1v) is 8.86. The van der Waals surface area contributed by atoms with Crippen molar-refractivity contribution in [3.05, 3.63) is 47.8 Å². The van der Waals surface area contributed by atoms with E-state index in [0.29, 0.717) is 5.92 Å². The van der Waals surface area contributed by atoms with Crippen LogP contribution in [0.15, 0.2) is 41.7 Å². The van der Waals surface area contributed by atoms with E-state index in [1.54, 1.807) is 0 Å². The van der Waals surface area contributed by atoms with Crippen LogP contribution in [0.4, 0.5) is 0 Å². The fraction of sp³-hybridized carbons (Fsp3) is 0.474.